The second kappa shape index (κ2) is 7.38. The van der Waals surface area contributed by atoms with Crippen molar-refractivity contribution in [3.8, 4) is 0 Å². The van der Waals surface area contributed by atoms with Crippen LogP contribution in [0.25, 0.3) is 0 Å². The fraction of sp³-hybridized carbons (Fsp3) is 1.00. The van der Waals surface area contributed by atoms with E-state index in [1.54, 1.807) is 0 Å². The van der Waals surface area contributed by atoms with Gasteiger partial charge in [0.1, 0.15) is 0 Å². The summed E-state index contributed by atoms with van der Waals surface area (Å²) < 4.78 is 0. The van der Waals surface area contributed by atoms with Crippen molar-refractivity contribution < 1.29 is 0 Å². The Morgan fingerprint density at radius 3 is 2.29 bits per heavy atom. The van der Waals surface area contributed by atoms with E-state index in [2.05, 4.69) is 17.1 Å². The van der Waals surface area contributed by atoms with E-state index in [1.807, 2.05) is 0 Å². The SMILES string of the molecule is C[C@@H](NCCN1CCCC1)C1CCCCCC1. The number of nitrogens with one attached hydrogen (secondary N) is 1. The maximum absolute atomic E-state index is 3.77. The summed E-state index contributed by atoms with van der Waals surface area (Å²) in [6, 6.07) is 0.732. The fourth-order valence-corrected chi connectivity index (χ4v) is 3.43. The Morgan fingerprint density at radius 1 is 1.00 bits per heavy atom. The summed E-state index contributed by atoms with van der Waals surface area (Å²) in [6.07, 6.45) is 11.6. The van der Waals surface area contributed by atoms with Gasteiger partial charge in [0.05, 0.1) is 0 Å². The Kier molecular flexibility index (Phi) is 5.79. The van der Waals surface area contributed by atoms with Crippen molar-refractivity contribution in [1.29, 1.82) is 0 Å². The Morgan fingerprint density at radius 2 is 1.65 bits per heavy atom. The normalized spacial score (nSPS) is 25.9. The molecule has 1 saturated carbocycles. The highest BCUT2D eigenvalue weighted by atomic mass is 15.2. The molecule has 1 N–H and O–H groups in total. The average molecular weight is 238 g/mol. The van der Waals surface area contributed by atoms with Crippen LogP contribution >= 0.6 is 0 Å². The van der Waals surface area contributed by atoms with Gasteiger partial charge in [-0.3, -0.25) is 0 Å². The second-order valence-electron chi connectivity index (χ2n) is 6.04. The molecule has 1 aliphatic carbocycles. The first-order chi connectivity index (χ1) is 8.36. The van der Waals surface area contributed by atoms with E-state index in [9.17, 15) is 0 Å². The Bertz CT molecular complexity index is 191. The third-order valence-electron chi connectivity index (χ3n) is 4.70. The smallest absolute Gasteiger partial charge is 0.0107 e. The summed E-state index contributed by atoms with van der Waals surface area (Å²) in [5, 5.41) is 3.77. The molecule has 0 unspecified atom stereocenters. The number of hydrogen-bond donors (Lipinski definition) is 1. The molecular formula is C15H30N2. The van der Waals surface area contributed by atoms with Gasteiger partial charge in [-0.05, 0) is 51.6 Å². The lowest BCUT2D eigenvalue weighted by molar-refractivity contribution is 0.296. The summed E-state index contributed by atoms with van der Waals surface area (Å²) >= 11 is 0. The summed E-state index contributed by atoms with van der Waals surface area (Å²) in [5.41, 5.74) is 0. The van der Waals surface area contributed by atoms with E-state index in [0.29, 0.717) is 0 Å². The van der Waals surface area contributed by atoms with Gasteiger partial charge in [0.15, 0.2) is 0 Å². The monoisotopic (exact) mass is 238 g/mol. The van der Waals surface area contributed by atoms with Crippen LogP contribution in [0.5, 0.6) is 0 Å². The van der Waals surface area contributed by atoms with Crippen LogP contribution in [0.3, 0.4) is 0 Å². The van der Waals surface area contributed by atoms with E-state index in [0.717, 1.165) is 12.0 Å². The van der Waals surface area contributed by atoms with E-state index in [-0.39, 0.29) is 0 Å². The number of likely N-dealkylation sites (tertiary alicyclic amines) is 1. The highest BCUT2D eigenvalue weighted by molar-refractivity contribution is 4.76. The molecule has 0 spiro atoms. The molecule has 0 amide bonds. The topological polar surface area (TPSA) is 15.3 Å². The van der Waals surface area contributed by atoms with E-state index < -0.39 is 0 Å². The predicted octanol–water partition coefficient (Wildman–Crippen LogP) is 3.03. The summed E-state index contributed by atoms with van der Waals surface area (Å²) in [5.74, 6) is 0.941. The van der Waals surface area contributed by atoms with Crippen LogP contribution in [0, 0.1) is 5.92 Å². The molecule has 2 aliphatic rings. The molecule has 0 radical (unpaired) electrons. The van der Waals surface area contributed by atoms with Gasteiger partial charge in [-0.1, -0.05) is 25.7 Å². The third-order valence-corrected chi connectivity index (χ3v) is 4.70. The minimum atomic E-state index is 0.732. The van der Waals surface area contributed by atoms with Gasteiger partial charge in [0.2, 0.25) is 0 Å². The molecule has 1 atom stereocenters. The van der Waals surface area contributed by atoms with Crippen LogP contribution in [-0.2, 0) is 0 Å². The minimum absolute atomic E-state index is 0.732. The number of rotatable bonds is 5. The number of nitrogens with zero attached hydrogens (tertiary/aromatic N) is 1. The highest BCUT2D eigenvalue weighted by Crippen LogP contribution is 2.25. The van der Waals surface area contributed by atoms with E-state index >= 15 is 0 Å². The van der Waals surface area contributed by atoms with Crippen molar-refractivity contribution in [3.63, 3.8) is 0 Å². The standard InChI is InChI=1S/C15H30N2/c1-14(15-8-4-2-3-5-9-15)16-10-13-17-11-6-7-12-17/h14-16H,2-13H2,1H3/t14-/m1/s1. The first kappa shape index (κ1) is 13.4. The molecule has 1 aliphatic heterocycles. The third kappa shape index (κ3) is 4.59. The molecule has 2 heteroatoms. The van der Waals surface area contributed by atoms with Crippen LogP contribution in [0.15, 0.2) is 0 Å². The molecule has 0 aromatic carbocycles. The molecule has 17 heavy (non-hydrogen) atoms. The van der Waals surface area contributed by atoms with Crippen molar-refractivity contribution in [3.05, 3.63) is 0 Å². The van der Waals surface area contributed by atoms with E-state index in [4.69, 9.17) is 0 Å². The van der Waals surface area contributed by atoms with Crippen molar-refractivity contribution >= 4 is 0 Å². The van der Waals surface area contributed by atoms with Gasteiger partial charge in [0, 0.05) is 19.1 Å². The minimum Gasteiger partial charge on any atom is -0.313 e. The second-order valence-corrected chi connectivity index (χ2v) is 6.04. The van der Waals surface area contributed by atoms with Gasteiger partial charge in [-0.15, -0.1) is 0 Å². The largest absolute Gasteiger partial charge is 0.313 e. The lowest BCUT2D eigenvalue weighted by atomic mass is 9.93. The molecule has 2 fully saturated rings. The average Bonchev–Trinajstić information content (AvgIpc) is 2.69. The Labute approximate surface area is 107 Å². The zero-order valence-corrected chi connectivity index (χ0v) is 11.6. The van der Waals surface area contributed by atoms with Gasteiger partial charge >= 0.3 is 0 Å². The molecule has 0 bridgehead atoms. The lowest BCUT2D eigenvalue weighted by Crippen LogP contribution is -2.38. The van der Waals surface area contributed by atoms with Gasteiger partial charge < -0.3 is 10.2 Å². The predicted molar refractivity (Wildman–Crippen MR) is 74.3 cm³/mol. The molecule has 2 rings (SSSR count). The molecule has 1 heterocycles. The van der Waals surface area contributed by atoms with Crippen molar-refractivity contribution in [2.45, 2.75) is 64.3 Å². The van der Waals surface area contributed by atoms with E-state index in [1.165, 1.54) is 77.5 Å². The summed E-state index contributed by atoms with van der Waals surface area (Å²) in [7, 11) is 0. The first-order valence-electron chi connectivity index (χ1n) is 7.82. The molecule has 2 nitrogen and oxygen atoms in total. The van der Waals surface area contributed by atoms with Crippen LogP contribution < -0.4 is 5.32 Å². The van der Waals surface area contributed by atoms with Crippen molar-refractivity contribution in [2.75, 3.05) is 26.2 Å². The zero-order chi connectivity index (χ0) is 11.9. The lowest BCUT2D eigenvalue weighted by Gasteiger charge is -2.25. The summed E-state index contributed by atoms with van der Waals surface area (Å²) in [4.78, 5) is 2.60. The zero-order valence-electron chi connectivity index (χ0n) is 11.6. The van der Waals surface area contributed by atoms with Gasteiger partial charge in [0.25, 0.3) is 0 Å². The quantitative estimate of drug-likeness (QED) is 0.741. The molecule has 0 aromatic heterocycles. The Balaban J connectivity index is 1.60. The number of hydrogen-bond acceptors (Lipinski definition) is 2. The molecule has 0 aromatic rings. The molecular weight excluding hydrogens is 208 g/mol. The van der Waals surface area contributed by atoms with Crippen molar-refractivity contribution in [1.82, 2.24) is 10.2 Å². The maximum Gasteiger partial charge on any atom is 0.0107 e. The van der Waals surface area contributed by atoms with Gasteiger partial charge in [-0.25, -0.2) is 0 Å². The maximum atomic E-state index is 3.77. The highest BCUT2D eigenvalue weighted by Gasteiger charge is 2.18. The molecule has 100 valence electrons. The van der Waals surface area contributed by atoms with Crippen molar-refractivity contribution in [2.24, 2.45) is 5.92 Å². The summed E-state index contributed by atoms with van der Waals surface area (Å²) in [6.45, 7) is 7.52. The first-order valence-corrected chi connectivity index (χ1v) is 7.82. The van der Waals surface area contributed by atoms with Crippen LogP contribution in [0.2, 0.25) is 0 Å². The molecule has 1 saturated heterocycles. The Hall–Kier alpha value is -0.0800. The van der Waals surface area contributed by atoms with Crippen LogP contribution in [0.1, 0.15) is 58.3 Å². The van der Waals surface area contributed by atoms with Crippen LogP contribution in [-0.4, -0.2) is 37.1 Å². The fourth-order valence-electron chi connectivity index (χ4n) is 3.43. The van der Waals surface area contributed by atoms with Crippen LogP contribution in [0.4, 0.5) is 0 Å². The van der Waals surface area contributed by atoms with Gasteiger partial charge in [-0.2, -0.15) is 0 Å².